The molecular weight excluding hydrogens is 494 g/mol. The molecule has 204 valence electrons. The van der Waals surface area contributed by atoms with Crippen molar-refractivity contribution in [3.05, 3.63) is 136 Å². The molecule has 0 N–H and O–H groups in total. The van der Waals surface area contributed by atoms with Crippen molar-refractivity contribution in [2.24, 2.45) is 0 Å². The van der Waals surface area contributed by atoms with Crippen LogP contribution in [-0.4, -0.2) is 0 Å². The van der Waals surface area contributed by atoms with E-state index in [0.29, 0.717) is 0 Å². The summed E-state index contributed by atoms with van der Waals surface area (Å²) in [7, 11) is 0. The highest BCUT2D eigenvalue weighted by atomic mass is 15.1. The number of fused-ring (bicyclic) bond motifs is 7. The van der Waals surface area contributed by atoms with E-state index in [1.54, 1.807) is 0 Å². The van der Waals surface area contributed by atoms with Crippen LogP contribution in [0.25, 0.3) is 22.3 Å². The Hall–Kier alpha value is -4.10. The van der Waals surface area contributed by atoms with Crippen molar-refractivity contribution in [2.45, 2.75) is 66.2 Å². The topological polar surface area (TPSA) is 3.24 Å². The molecule has 0 bridgehead atoms. The third kappa shape index (κ3) is 3.68. The fourth-order valence-electron chi connectivity index (χ4n) is 7.46. The van der Waals surface area contributed by atoms with E-state index in [1.165, 1.54) is 83.8 Å². The largest absolute Gasteiger partial charge is 0.310 e. The van der Waals surface area contributed by atoms with E-state index in [4.69, 9.17) is 0 Å². The molecule has 2 aliphatic rings. The molecule has 0 aromatic heterocycles. The van der Waals surface area contributed by atoms with Gasteiger partial charge in [-0.25, -0.2) is 0 Å². The molecule has 2 aliphatic carbocycles. The minimum absolute atomic E-state index is 0.0441. The summed E-state index contributed by atoms with van der Waals surface area (Å²) >= 11 is 0. The first-order valence-electron chi connectivity index (χ1n) is 14.9. The normalized spacial score (nSPS) is 15.2. The third-order valence-electron chi connectivity index (χ3n) is 9.86. The third-order valence-corrected chi connectivity index (χ3v) is 9.86. The van der Waals surface area contributed by atoms with Crippen LogP contribution in [0.15, 0.2) is 91.0 Å². The van der Waals surface area contributed by atoms with Gasteiger partial charge in [0.25, 0.3) is 0 Å². The van der Waals surface area contributed by atoms with Gasteiger partial charge in [-0.15, -0.1) is 0 Å². The molecule has 1 nitrogen and oxygen atoms in total. The molecule has 0 unspecified atom stereocenters. The van der Waals surface area contributed by atoms with E-state index < -0.39 is 0 Å². The van der Waals surface area contributed by atoms with Crippen LogP contribution in [-0.2, 0) is 10.8 Å². The van der Waals surface area contributed by atoms with Crippen molar-refractivity contribution in [1.29, 1.82) is 0 Å². The standard InChI is InChI=1S/C40H39N/c1-24-9-13-28(14-10-24)41(29-15-12-26(3)27(4)22-29)30-16-18-32-34-20-19-33-31-17-11-25(2)21-35(31)39(5,6)37(33)38(34)40(7,8)36(32)23-30/h9-23H,1-8H3. The van der Waals surface area contributed by atoms with Crippen LogP contribution in [0.5, 0.6) is 0 Å². The van der Waals surface area contributed by atoms with Crippen molar-refractivity contribution in [3.8, 4) is 22.3 Å². The van der Waals surface area contributed by atoms with Crippen molar-refractivity contribution in [2.75, 3.05) is 4.90 Å². The maximum Gasteiger partial charge on any atom is 0.0465 e. The van der Waals surface area contributed by atoms with Crippen molar-refractivity contribution < 1.29 is 0 Å². The Morgan fingerprint density at radius 1 is 0.415 bits per heavy atom. The Morgan fingerprint density at radius 3 is 1.49 bits per heavy atom. The van der Waals surface area contributed by atoms with Gasteiger partial charge >= 0.3 is 0 Å². The van der Waals surface area contributed by atoms with Gasteiger partial charge in [-0.3, -0.25) is 0 Å². The molecule has 0 saturated carbocycles. The molecular formula is C40H39N. The number of anilines is 3. The van der Waals surface area contributed by atoms with Crippen LogP contribution >= 0.6 is 0 Å². The summed E-state index contributed by atoms with van der Waals surface area (Å²) in [6.07, 6.45) is 0. The molecule has 5 aromatic rings. The SMILES string of the molecule is Cc1ccc(N(c2ccc(C)c(C)c2)c2ccc3c(c2)C(C)(C)c2c-3ccc3c2C(C)(C)c2cc(C)ccc2-3)cc1. The summed E-state index contributed by atoms with van der Waals surface area (Å²) in [5.74, 6) is 0. The summed E-state index contributed by atoms with van der Waals surface area (Å²) in [5.41, 5.74) is 20.0. The summed E-state index contributed by atoms with van der Waals surface area (Å²) in [6.45, 7) is 18.4. The Kier molecular flexibility index (Phi) is 5.48. The molecule has 5 aromatic carbocycles. The number of benzene rings is 5. The summed E-state index contributed by atoms with van der Waals surface area (Å²) in [4.78, 5) is 2.41. The Balaban J connectivity index is 1.42. The lowest BCUT2D eigenvalue weighted by molar-refractivity contribution is 0.601. The second-order valence-corrected chi connectivity index (χ2v) is 13.4. The van der Waals surface area contributed by atoms with Gasteiger partial charge in [-0.2, -0.15) is 0 Å². The van der Waals surface area contributed by atoms with Crippen LogP contribution < -0.4 is 4.90 Å². The Labute approximate surface area is 245 Å². The zero-order valence-electron chi connectivity index (χ0n) is 25.6. The van der Waals surface area contributed by atoms with E-state index >= 15 is 0 Å². The zero-order chi connectivity index (χ0) is 28.8. The lowest BCUT2D eigenvalue weighted by Gasteiger charge is -2.31. The van der Waals surface area contributed by atoms with Gasteiger partial charge in [0, 0.05) is 27.9 Å². The first kappa shape index (κ1) is 25.8. The van der Waals surface area contributed by atoms with Crippen molar-refractivity contribution in [1.82, 2.24) is 0 Å². The molecule has 0 spiro atoms. The molecule has 0 heterocycles. The zero-order valence-corrected chi connectivity index (χ0v) is 25.6. The average Bonchev–Trinajstić information content (AvgIpc) is 3.30. The monoisotopic (exact) mass is 533 g/mol. The predicted octanol–water partition coefficient (Wildman–Crippen LogP) is 11.0. The maximum absolute atomic E-state index is 2.45. The van der Waals surface area contributed by atoms with Crippen LogP contribution in [0.4, 0.5) is 17.1 Å². The predicted molar refractivity (Wildman–Crippen MR) is 175 cm³/mol. The molecule has 41 heavy (non-hydrogen) atoms. The molecule has 0 atom stereocenters. The molecule has 0 aliphatic heterocycles. The van der Waals surface area contributed by atoms with Crippen LogP contribution in [0, 0.1) is 27.7 Å². The highest BCUT2D eigenvalue weighted by Crippen LogP contribution is 2.59. The number of nitrogens with zero attached hydrogens (tertiary/aromatic N) is 1. The van der Waals surface area contributed by atoms with E-state index in [0.717, 1.165) is 0 Å². The summed E-state index contributed by atoms with van der Waals surface area (Å²) in [5, 5.41) is 0. The average molecular weight is 534 g/mol. The van der Waals surface area contributed by atoms with Crippen LogP contribution in [0.2, 0.25) is 0 Å². The van der Waals surface area contributed by atoms with E-state index in [2.05, 4.69) is 151 Å². The van der Waals surface area contributed by atoms with Crippen molar-refractivity contribution >= 4 is 17.1 Å². The number of rotatable bonds is 3. The molecule has 1 heteroatoms. The second kappa shape index (κ2) is 8.70. The van der Waals surface area contributed by atoms with Gasteiger partial charge < -0.3 is 4.90 Å². The van der Waals surface area contributed by atoms with Gasteiger partial charge in [0.1, 0.15) is 0 Å². The molecule has 7 rings (SSSR count). The van der Waals surface area contributed by atoms with E-state index in [1.807, 2.05) is 0 Å². The summed E-state index contributed by atoms with van der Waals surface area (Å²) < 4.78 is 0. The summed E-state index contributed by atoms with van der Waals surface area (Å²) in [6, 6.07) is 34.6. The van der Waals surface area contributed by atoms with Crippen LogP contribution in [0.3, 0.4) is 0 Å². The lowest BCUT2D eigenvalue weighted by Crippen LogP contribution is -2.24. The molecule has 0 radical (unpaired) electrons. The van der Waals surface area contributed by atoms with Crippen molar-refractivity contribution in [3.63, 3.8) is 0 Å². The minimum Gasteiger partial charge on any atom is -0.310 e. The highest BCUT2D eigenvalue weighted by Gasteiger charge is 2.45. The highest BCUT2D eigenvalue weighted by molar-refractivity contribution is 5.92. The first-order valence-corrected chi connectivity index (χ1v) is 14.9. The molecule has 0 fully saturated rings. The number of hydrogen-bond donors (Lipinski definition) is 0. The van der Waals surface area contributed by atoms with Gasteiger partial charge in [-0.1, -0.05) is 93.4 Å². The van der Waals surface area contributed by atoms with E-state index in [-0.39, 0.29) is 10.8 Å². The smallest absolute Gasteiger partial charge is 0.0465 e. The minimum atomic E-state index is -0.123. The Bertz CT molecular complexity index is 1870. The molecule has 0 amide bonds. The fourth-order valence-corrected chi connectivity index (χ4v) is 7.46. The fraction of sp³-hybridized carbons (Fsp3) is 0.250. The van der Waals surface area contributed by atoms with Gasteiger partial charge in [0.2, 0.25) is 0 Å². The second-order valence-electron chi connectivity index (χ2n) is 13.4. The van der Waals surface area contributed by atoms with Crippen LogP contribution in [0.1, 0.15) is 72.2 Å². The maximum atomic E-state index is 2.45. The van der Waals surface area contributed by atoms with E-state index in [9.17, 15) is 0 Å². The van der Waals surface area contributed by atoms with Gasteiger partial charge in [-0.05, 0) is 120 Å². The van der Waals surface area contributed by atoms with Gasteiger partial charge in [0.15, 0.2) is 0 Å². The Morgan fingerprint density at radius 2 is 0.878 bits per heavy atom. The lowest BCUT2D eigenvalue weighted by atomic mass is 9.72. The first-order chi connectivity index (χ1) is 19.5. The van der Waals surface area contributed by atoms with Gasteiger partial charge in [0.05, 0.1) is 0 Å². The quantitative estimate of drug-likeness (QED) is 0.223. The molecule has 0 saturated heterocycles. The number of aryl methyl sites for hydroxylation is 4. The number of hydrogen-bond acceptors (Lipinski definition) is 1.